The van der Waals surface area contributed by atoms with Gasteiger partial charge in [0.05, 0.1) is 6.54 Å². The van der Waals surface area contributed by atoms with Crippen LogP contribution < -0.4 is 5.32 Å². The van der Waals surface area contributed by atoms with Crippen LogP contribution in [0.5, 0.6) is 0 Å². The Morgan fingerprint density at radius 3 is 2.72 bits per heavy atom. The van der Waals surface area contributed by atoms with Crippen molar-refractivity contribution in [2.24, 2.45) is 0 Å². The molecule has 5 heteroatoms. The summed E-state index contributed by atoms with van der Waals surface area (Å²) in [6.45, 7) is 5.90. The Bertz CT molecular complexity index is 432. The summed E-state index contributed by atoms with van der Waals surface area (Å²) in [5, 5.41) is 12.4. The normalized spacial score (nSPS) is 18.8. The van der Waals surface area contributed by atoms with Crippen molar-refractivity contribution >= 4 is 5.97 Å². The Morgan fingerprint density at radius 1 is 1.50 bits per heavy atom. The van der Waals surface area contributed by atoms with Crippen molar-refractivity contribution in [1.82, 2.24) is 5.32 Å². The summed E-state index contributed by atoms with van der Waals surface area (Å²) in [5.74, 6) is 0.175. The molecule has 1 aliphatic rings. The van der Waals surface area contributed by atoms with Crippen LogP contribution in [0.25, 0.3) is 0 Å². The van der Waals surface area contributed by atoms with Gasteiger partial charge in [0.25, 0.3) is 0 Å². The summed E-state index contributed by atoms with van der Waals surface area (Å²) < 4.78 is 10.8. The van der Waals surface area contributed by atoms with E-state index in [9.17, 15) is 4.79 Å². The lowest BCUT2D eigenvalue weighted by atomic mass is 9.92. The lowest BCUT2D eigenvalue weighted by Gasteiger charge is -2.34. The largest absolute Gasteiger partial charge is 0.478 e. The zero-order valence-corrected chi connectivity index (χ0v) is 10.8. The second kappa shape index (κ2) is 5.12. The van der Waals surface area contributed by atoms with Gasteiger partial charge in [0.2, 0.25) is 0 Å². The van der Waals surface area contributed by atoms with Crippen molar-refractivity contribution in [3.05, 3.63) is 23.2 Å². The molecule has 0 aliphatic carbocycles. The standard InChI is InChI=1S/C13H19NO4/c1-9-11(12(15)16)7-10(18-9)8-14-13(2)3-5-17-6-4-13/h7,14H,3-6,8H2,1-2H3,(H,15,16). The second-order valence-corrected chi connectivity index (χ2v) is 5.01. The number of rotatable bonds is 4. The Labute approximate surface area is 106 Å². The summed E-state index contributed by atoms with van der Waals surface area (Å²) in [6.07, 6.45) is 1.91. The van der Waals surface area contributed by atoms with Crippen molar-refractivity contribution in [2.75, 3.05) is 13.2 Å². The van der Waals surface area contributed by atoms with Crippen LogP contribution in [0.4, 0.5) is 0 Å². The third-order valence-corrected chi connectivity index (χ3v) is 3.48. The number of carboxylic acids is 1. The van der Waals surface area contributed by atoms with Crippen molar-refractivity contribution < 1.29 is 19.1 Å². The molecule has 0 saturated carbocycles. The fourth-order valence-corrected chi connectivity index (χ4v) is 2.14. The quantitative estimate of drug-likeness (QED) is 0.858. The summed E-state index contributed by atoms with van der Waals surface area (Å²) in [4.78, 5) is 10.9. The fourth-order valence-electron chi connectivity index (χ4n) is 2.14. The number of furan rings is 1. The Balaban J connectivity index is 1.97. The number of carboxylic acid groups (broad SMARTS) is 1. The molecule has 1 aromatic rings. The average Bonchev–Trinajstić information content (AvgIpc) is 2.69. The molecule has 0 aromatic carbocycles. The van der Waals surface area contributed by atoms with Crippen LogP contribution in [0.3, 0.4) is 0 Å². The van der Waals surface area contributed by atoms with E-state index in [2.05, 4.69) is 12.2 Å². The van der Waals surface area contributed by atoms with E-state index in [1.54, 1.807) is 13.0 Å². The highest BCUT2D eigenvalue weighted by molar-refractivity contribution is 5.88. The molecule has 2 N–H and O–H groups in total. The smallest absolute Gasteiger partial charge is 0.339 e. The highest BCUT2D eigenvalue weighted by atomic mass is 16.5. The van der Waals surface area contributed by atoms with Gasteiger partial charge in [-0.3, -0.25) is 0 Å². The van der Waals surface area contributed by atoms with Crippen molar-refractivity contribution in [1.29, 1.82) is 0 Å². The monoisotopic (exact) mass is 253 g/mol. The summed E-state index contributed by atoms with van der Waals surface area (Å²) in [6, 6.07) is 1.59. The number of aryl methyl sites for hydroxylation is 1. The average molecular weight is 253 g/mol. The Morgan fingerprint density at radius 2 is 2.17 bits per heavy atom. The lowest BCUT2D eigenvalue weighted by molar-refractivity contribution is 0.0439. The minimum atomic E-state index is -0.945. The minimum absolute atomic E-state index is 0.0440. The van der Waals surface area contributed by atoms with Gasteiger partial charge >= 0.3 is 5.97 Å². The molecule has 0 atom stereocenters. The van der Waals surface area contributed by atoms with Gasteiger partial charge in [-0.2, -0.15) is 0 Å². The molecular formula is C13H19NO4. The lowest BCUT2D eigenvalue weighted by Crippen LogP contribution is -2.46. The first-order chi connectivity index (χ1) is 8.50. The van der Waals surface area contributed by atoms with E-state index < -0.39 is 5.97 Å². The van der Waals surface area contributed by atoms with Gasteiger partial charge in [-0.1, -0.05) is 0 Å². The number of aromatic carboxylic acids is 1. The van der Waals surface area contributed by atoms with E-state index in [0.717, 1.165) is 26.1 Å². The van der Waals surface area contributed by atoms with E-state index in [4.69, 9.17) is 14.3 Å². The molecular weight excluding hydrogens is 234 g/mol. The van der Waals surface area contributed by atoms with Gasteiger partial charge in [-0.05, 0) is 32.8 Å². The summed E-state index contributed by atoms with van der Waals surface area (Å²) in [7, 11) is 0. The van der Waals surface area contributed by atoms with Crippen LogP contribution in [-0.4, -0.2) is 29.8 Å². The maximum Gasteiger partial charge on any atom is 0.339 e. The summed E-state index contributed by atoms with van der Waals surface area (Å²) in [5.41, 5.74) is 0.284. The molecule has 0 amide bonds. The first-order valence-corrected chi connectivity index (χ1v) is 6.15. The highest BCUT2D eigenvalue weighted by Crippen LogP contribution is 2.21. The molecule has 0 spiro atoms. The molecule has 0 unspecified atom stereocenters. The van der Waals surface area contributed by atoms with E-state index >= 15 is 0 Å². The van der Waals surface area contributed by atoms with Crippen LogP contribution in [0.2, 0.25) is 0 Å². The van der Waals surface area contributed by atoms with E-state index in [1.165, 1.54) is 0 Å². The molecule has 1 aliphatic heterocycles. The number of nitrogens with one attached hydrogen (secondary N) is 1. The third kappa shape index (κ3) is 2.91. The molecule has 100 valence electrons. The van der Waals surface area contributed by atoms with Crippen LogP contribution in [-0.2, 0) is 11.3 Å². The Kier molecular flexibility index (Phi) is 3.73. The number of carbonyl (C=O) groups is 1. The molecule has 2 rings (SSSR count). The molecule has 1 aromatic heterocycles. The molecule has 0 bridgehead atoms. The van der Waals surface area contributed by atoms with Gasteiger partial charge in [0.15, 0.2) is 0 Å². The highest BCUT2D eigenvalue weighted by Gasteiger charge is 2.27. The predicted molar refractivity (Wildman–Crippen MR) is 65.7 cm³/mol. The van der Waals surface area contributed by atoms with Gasteiger partial charge in [0, 0.05) is 18.8 Å². The van der Waals surface area contributed by atoms with Gasteiger partial charge < -0.3 is 19.6 Å². The Hall–Kier alpha value is -1.33. The maximum atomic E-state index is 10.9. The third-order valence-electron chi connectivity index (χ3n) is 3.48. The maximum absolute atomic E-state index is 10.9. The van der Waals surface area contributed by atoms with Crippen LogP contribution in [0, 0.1) is 6.92 Å². The summed E-state index contributed by atoms with van der Waals surface area (Å²) >= 11 is 0. The van der Waals surface area contributed by atoms with E-state index in [1.807, 2.05) is 0 Å². The fraction of sp³-hybridized carbons (Fsp3) is 0.615. The molecule has 1 fully saturated rings. The molecule has 1 saturated heterocycles. The second-order valence-electron chi connectivity index (χ2n) is 5.01. The SMILES string of the molecule is Cc1oc(CNC2(C)CCOCC2)cc1C(=O)O. The van der Waals surface area contributed by atoms with Crippen molar-refractivity contribution in [3.8, 4) is 0 Å². The first-order valence-electron chi connectivity index (χ1n) is 6.15. The zero-order chi connectivity index (χ0) is 13.2. The first kappa shape index (κ1) is 13.1. The van der Waals surface area contributed by atoms with E-state index in [0.29, 0.717) is 18.1 Å². The van der Waals surface area contributed by atoms with Crippen molar-refractivity contribution in [3.63, 3.8) is 0 Å². The zero-order valence-electron chi connectivity index (χ0n) is 10.8. The van der Waals surface area contributed by atoms with Gasteiger partial charge in [-0.25, -0.2) is 4.79 Å². The number of ether oxygens (including phenoxy) is 1. The molecule has 2 heterocycles. The topological polar surface area (TPSA) is 71.7 Å². The van der Waals surface area contributed by atoms with Gasteiger partial charge in [-0.15, -0.1) is 0 Å². The number of hydrogen-bond donors (Lipinski definition) is 2. The van der Waals surface area contributed by atoms with Gasteiger partial charge in [0.1, 0.15) is 17.1 Å². The minimum Gasteiger partial charge on any atom is -0.478 e. The van der Waals surface area contributed by atoms with E-state index in [-0.39, 0.29) is 11.1 Å². The number of hydrogen-bond acceptors (Lipinski definition) is 4. The predicted octanol–water partition coefficient (Wildman–Crippen LogP) is 1.94. The van der Waals surface area contributed by atoms with Crippen LogP contribution in [0.1, 0.15) is 41.6 Å². The van der Waals surface area contributed by atoms with Crippen molar-refractivity contribution in [2.45, 2.75) is 38.8 Å². The van der Waals surface area contributed by atoms with Crippen LogP contribution >= 0.6 is 0 Å². The van der Waals surface area contributed by atoms with Crippen LogP contribution in [0.15, 0.2) is 10.5 Å². The molecule has 0 radical (unpaired) electrons. The molecule has 5 nitrogen and oxygen atoms in total. The molecule has 18 heavy (non-hydrogen) atoms.